The third-order valence-electron chi connectivity index (χ3n) is 5.96. The Labute approximate surface area is 176 Å². The summed E-state index contributed by atoms with van der Waals surface area (Å²) in [6.45, 7) is 3.06. The van der Waals surface area contributed by atoms with Crippen LogP contribution < -0.4 is 4.90 Å². The Bertz CT molecular complexity index is 1180. The molecule has 150 valence electrons. The molecule has 1 aliphatic heterocycles. The second-order valence-electron chi connectivity index (χ2n) is 7.65. The second kappa shape index (κ2) is 7.67. The molecule has 2 aromatic heterocycles. The van der Waals surface area contributed by atoms with Crippen LogP contribution in [-0.2, 0) is 7.05 Å². The van der Waals surface area contributed by atoms with Crippen LogP contribution in [0.15, 0.2) is 79.1 Å². The number of carbonyl (C=O) groups excluding carboxylic acids is 1. The first-order chi connectivity index (χ1) is 14.7. The molecule has 0 bridgehead atoms. The van der Waals surface area contributed by atoms with Crippen molar-refractivity contribution in [2.75, 3.05) is 31.1 Å². The first-order valence-corrected chi connectivity index (χ1v) is 10.3. The summed E-state index contributed by atoms with van der Waals surface area (Å²) >= 11 is 0. The van der Waals surface area contributed by atoms with Crippen LogP contribution in [0.1, 0.15) is 10.4 Å². The summed E-state index contributed by atoms with van der Waals surface area (Å²) in [5.74, 6) is 0.111. The number of rotatable bonds is 3. The highest BCUT2D eigenvalue weighted by molar-refractivity contribution is 6.12. The fourth-order valence-electron chi connectivity index (χ4n) is 4.42. The van der Waals surface area contributed by atoms with Crippen molar-refractivity contribution in [1.82, 2.24) is 14.5 Å². The third kappa shape index (κ3) is 3.12. The highest BCUT2D eigenvalue weighted by Crippen LogP contribution is 2.34. The molecule has 0 atom stereocenters. The minimum Gasteiger partial charge on any atom is -0.368 e. The van der Waals surface area contributed by atoms with Crippen LogP contribution in [0, 0.1) is 0 Å². The molecule has 1 aliphatic rings. The molecule has 5 nitrogen and oxygen atoms in total. The van der Waals surface area contributed by atoms with E-state index < -0.39 is 0 Å². The number of benzene rings is 2. The zero-order chi connectivity index (χ0) is 20.5. The Morgan fingerprint density at radius 2 is 1.50 bits per heavy atom. The van der Waals surface area contributed by atoms with E-state index in [4.69, 9.17) is 0 Å². The van der Waals surface area contributed by atoms with Crippen LogP contribution in [-0.4, -0.2) is 46.5 Å². The Morgan fingerprint density at radius 1 is 0.833 bits per heavy atom. The van der Waals surface area contributed by atoms with E-state index in [0.29, 0.717) is 13.1 Å². The highest BCUT2D eigenvalue weighted by atomic mass is 16.2. The SMILES string of the molecule is Cn1c(-c2ccccc2)c(C(=O)N2CCN(c3ccncc3)CC2)c2ccccc21. The van der Waals surface area contributed by atoms with Crippen molar-refractivity contribution >= 4 is 22.5 Å². The van der Waals surface area contributed by atoms with Crippen molar-refractivity contribution < 1.29 is 4.79 Å². The van der Waals surface area contributed by atoms with E-state index in [1.807, 2.05) is 66.8 Å². The van der Waals surface area contributed by atoms with Crippen molar-refractivity contribution in [1.29, 1.82) is 0 Å². The average Bonchev–Trinajstić information content (AvgIpc) is 3.12. The van der Waals surface area contributed by atoms with Gasteiger partial charge in [0.05, 0.1) is 11.3 Å². The minimum absolute atomic E-state index is 0.111. The highest BCUT2D eigenvalue weighted by Gasteiger charge is 2.28. The summed E-state index contributed by atoms with van der Waals surface area (Å²) in [7, 11) is 2.04. The van der Waals surface area contributed by atoms with Gasteiger partial charge in [0.2, 0.25) is 0 Å². The van der Waals surface area contributed by atoms with Crippen LogP contribution in [0.25, 0.3) is 22.2 Å². The molecule has 0 N–H and O–H groups in total. The zero-order valence-corrected chi connectivity index (χ0v) is 17.0. The molecule has 5 rings (SSSR count). The summed E-state index contributed by atoms with van der Waals surface area (Å²) in [6.07, 6.45) is 3.63. The molecule has 0 spiro atoms. The van der Waals surface area contributed by atoms with Crippen LogP contribution in [0.2, 0.25) is 0 Å². The third-order valence-corrected chi connectivity index (χ3v) is 5.96. The fraction of sp³-hybridized carbons (Fsp3) is 0.200. The minimum atomic E-state index is 0.111. The lowest BCUT2D eigenvalue weighted by molar-refractivity contribution is 0.0749. The number of piperazine rings is 1. The van der Waals surface area contributed by atoms with Gasteiger partial charge >= 0.3 is 0 Å². The van der Waals surface area contributed by atoms with E-state index in [0.717, 1.165) is 46.5 Å². The van der Waals surface area contributed by atoms with Crippen molar-refractivity contribution in [3.63, 3.8) is 0 Å². The predicted molar refractivity (Wildman–Crippen MR) is 121 cm³/mol. The number of hydrogen-bond acceptors (Lipinski definition) is 3. The molecule has 1 fully saturated rings. The van der Waals surface area contributed by atoms with Gasteiger partial charge in [0.1, 0.15) is 0 Å². The fourth-order valence-corrected chi connectivity index (χ4v) is 4.42. The quantitative estimate of drug-likeness (QED) is 0.521. The van der Waals surface area contributed by atoms with Gasteiger partial charge in [-0.15, -0.1) is 0 Å². The van der Waals surface area contributed by atoms with Crippen molar-refractivity contribution in [3.8, 4) is 11.3 Å². The van der Waals surface area contributed by atoms with Gasteiger partial charge in [0, 0.05) is 62.2 Å². The monoisotopic (exact) mass is 396 g/mol. The Morgan fingerprint density at radius 3 is 2.23 bits per heavy atom. The lowest BCUT2D eigenvalue weighted by Gasteiger charge is -2.36. The van der Waals surface area contributed by atoms with Gasteiger partial charge in [-0.2, -0.15) is 0 Å². The van der Waals surface area contributed by atoms with Crippen molar-refractivity contribution in [3.05, 3.63) is 84.7 Å². The van der Waals surface area contributed by atoms with E-state index >= 15 is 0 Å². The van der Waals surface area contributed by atoms with Gasteiger partial charge in [-0.3, -0.25) is 9.78 Å². The van der Waals surface area contributed by atoms with E-state index in [-0.39, 0.29) is 5.91 Å². The summed E-state index contributed by atoms with van der Waals surface area (Å²) in [5, 5.41) is 1.01. The number of aryl methyl sites for hydroxylation is 1. The van der Waals surface area contributed by atoms with Gasteiger partial charge in [-0.1, -0.05) is 48.5 Å². The number of nitrogens with zero attached hydrogens (tertiary/aromatic N) is 4. The van der Waals surface area contributed by atoms with Gasteiger partial charge < -0.3 is 14.4 Å². The number of carbonyl (C=O) groups is 1. The Hall–Kier alpha value is -3.60. The second-order valence-corrected chi connectivity index (χ2v) is 7.65. The van der Waals surface area contributed by atoms with Crippen molar-refractivity contribution in [2.45, 2.75) is 0 Å². The van der Waals surface area contributed by atoms with Crippen LogP contribution in [0.4, 0.5) is 5.69 Å². The maximum absolute atomic E-state index is 13.7. The molecular weight excluding hydrogens is 372 g/mol. The number of amides is 1. The standard InChI is InChI=1S/C25H24N4O/c1-27-22-10-6-5-9-21(22)23(24(27)19-7-3-2-4-8-19)25(30)29-17-15-28(16-18-29)20-11-13-26-14-12-20/h2-14H,15-18H2,1H3. The number of pyridine rings is 1. The lowest BCUT2D eigenvalue weighted by Crippen LogP contribution is -2.48. The number of para-hydroxylation sites is 1. The van der Waals surface area contributed by atoms with Gasteiger partial charge in [0.25, 0.3) is 5.91 Å². The summed E-state index contributed by atoms with van der Waals surface area (Å²) in [5.41, 5.74) is 5.09. The van der Waals surface area contributed by atoms with E-state index in [9.17, 15) is 4.79 Å². The normalized spacial score (nSPS) is 14.3. The number of hydrogen-bond donors (Lipinski definition) is 0. The van der Waals surface area contributed by atoms with E-state index in [1.165, 1.54) is 0 Å². The molecule has 30 heavy (non-hydrogen) atoms. The largest absolute Gasteiger partial charge is 0.368 e. The molecular formula is C25H24N4O. The van der Waals surface area contributed by atoms with E-state index in [2.05, 4.69) is 38.7 Å². The zero-order valence-electron chi connectivity index (χ0n) is 17.0. The topological polar surface area (TPSA) is 41.4 Å². The van der Waals surface area contributed by atoms with Crippen molar-refractivity contribution in [2.24, 2.45) is 7.05 Å². The van der Waals surface area contributed by atoms with Gasteiger partial charge in [-0.05, 0) is 23.8 Å². The maximum Gasteiger partial charge on any atom is 0.256 e. The molecule has 1 saturated heterocycles. The number of aromatic nitrogens is 2. The molecule has 1 amide bonds. The summed E-state index contributed by atoms with van der Waals surface area (Å²) in [4.78, 5) is 22.2. The molecule has 0 radical (unpaired) electrons. The average molecular weight is 396 g/mol. The van der Waals surface area contributed by atoms with Gasteiger partial charge in [-0.25, -0.2) is 0 Å². The molecule has 0 saturated carbocycles. The molecule has 2 aromatic carbocycles. The lowest BCUT2D eigenvalue weighted by atomic mass is 10.0. The van der Waals surface area contributed by atoms with Crippen LogP contribution in [0.5, 0.6) is 0 Å². The van der Waals surface area contributed by atoms with Gasteiger partial charge in [0.15, 0.2) is 0 Å². The van der Waals surface area contributed by atoms with Crippen LogP contribution >= 0.6 is 0 Å². The molecule has 4 aromatic rings. The number of fused-ring (bicyclic) bond motifs is 1. The predicted octanol–water partition coefficient (Wildman–Crippen LogP) is 4.20. The summed E-state index contributed by atoms with van der Waals surface area (Å²) in [6, 6.07) is 22.4. The Balaban J connectivity index is 1.50. The molecule has 5 heteroatoms. The van der Waals surface area contributed by atoms with E-state index in [1.54, 1.807) is 0 Å². The first-order valence-electron chi connectivity index (χ1n) is 10.3. The Kier molecular flexibility index (Phi) is 4.71. The maximum atomic E-state index is 13.7. The smallest absolute Gasteiger partial charge is 0.256 e. The first kappa shape index (κ1) is 18.4. The molecule has 0 aliphatic carbocycles. The summed E-state index contributed by atoms with van der Waals surface area (Å²) < 4.78 is 2.14. The van der Waals surface area contributed by atoms with Crippen LogP contribution in [0.3, 0.4) is 0 Å². The molecule has 3 heterocycles. The molecule has 0 unspecified atom stereocenters. The number of anilines is 1.